The SMILES string of the molecule is NC(=O)CCNc1cccc(F)c1[N+](=O)[O-]. The van der Waals surface area contributed by atoms with E-state index in [-0.39, 0.29) is 18.7 Å². The minimum Gasteiger partial charge on any atom is -0.379 e. The number of halogens is 1. The van der Waals surface area contributed by atoms with Gasteiger partial charge in [0.1, 0.15) is 5.69 Å². The van der Waals surface area contributed by atoms with E-state index in [9.17, 15) is 19.3 Å². The molecule has 16 heavy (non-hydrogen) atoms. The zero-order valence-electron chi connectivity index (χ0n) is 8.27. The summed E-state index contributed by atoms with van der Waals surface area (Å²) in [5.41, 5.74) is 4.30. The zero-order chi connectivity index (χ0) is 12.1. The third kappa shape index (κ3) is 2.91. The van der Waals surface area contributed by atoms with Crippen molar-refractivity contribution in [2.45, 2.75) is 6.42 Å². The molecule has 0 unspecified atom stereocenters. The lowest BCUT2D eigenvalue weighted by atomic mass is 10.2. The molecule has 0 saturated carbocycles. The molecule has 1 aromatic carbocycles. The first kappa shape index (κ1) is 11.9. The molecule has 3 N–H and O–H groups in total. The molecular formula is C9H10FN3O3. The molecule has 1 aromatic rings. The Morgan fingerprint density at radius 3 is 2.81 bits per heavy atom. The minimum absolute atomic E-state index is 0.0215. The smallest absolute Gasteiger partial charge is 0.327 e. The number of nitrogens with two attached hydrogens (primary N) is 1. The molecule has 7 heteroatoms. The Hall–Kier alpha value is -2.18. The van der Waals surface area contributed by atoms with Crippen molar-refractivity contribution >= 4 is 17.3 Å². The summed E-state index contributed by atoms with van der Waals surface area (Å²) in [5, 5.41) is 13.2. The molecule has 1 rings (SSSR count). The van der Waals surface area contributed by atoms with E-state index in [4.69, 9.17) is 5.73 Å². The lowest BCUT2D eigenvalue weighted by Gasteiger charge is -2.05. The second-order valence-corrected chi connectivity index (χ2v) is 3.04. The summed E-state index contributed by atoms with van der Waals surface area (Å²) in [6, 6.07) is 3.70. The number of carbonyl (C=O) groups is 1. The number of anilines is 1. The molecule has 0 saturated heterocycles. The van der Waals surface area contributed by atoms with Crippen molar-refractivity contribution in [2.75, 3.05) is 11.9 Å². The average Bonchev–Trinajstić information content (AvgIpc) is 2.16. The maximum atomic E-state index is 13.1. The molecule has 0 radical (unpaired) electrons. The number of nitro benzene ring substituents is 1. The van der Waals surface area contributed by atoms with Gasteiger partial charge in [-0.05, 0) is 12.1 Å². The van der Waals surface area contributed by atoms with Crippen LogP contribution in [0.3, 0.4) is 0 Å². The minimum atomic E-state index is -0.922. The second-order valence-electron chi connectivity index (χ2n) is 3.04. The van der Waals surface area contributed by atoms with Gasteiger partial charge in [-0.1, -0.05) is 6.07 Å². The normalized spacial score (nSPS) is 9.81. The van der Waals surface area contributed by atoms with Crippen molar-refractivity contribution in [3.05, 3.63) is 34.1 Å². The van der Waals surface area contributed by atoms with E-state index in [0.29, 0.717) is 0 Å². The van der Waals surface area contributed by atoms with Crippen LogP contribution in [0.1, 0.15) is 6.42 Å². The molecular weight excluding hydrogens is 217 g/mol. The van der Waals surface area contributed by atoms with E-state index in [1.165, 1.54) is 12.1 Å². The molecule has 0 aliphatic heterocycles. The first-order valence-corrected chi connectivity index (χ1v) is 4.47. The van der Waals surface area contributed by atoms with Crippen molar-refractivity contribution in [1.29, 1.82) is 0 Å². The topological polar surface area (TPSA) is 98.3 Å². The van der Waals surface area contributed by atoms with E-state index in [2.05, 4.69) is 5.32 Å². The fourth-order valence-corrected chi connectivity index (χ4v) is 1.16. The number of hydrogen-bond acceptors (Lipinski definition) is 4. The highest BCUT2D eigenvalue weighted by molar-refractivity contribution is 5.74. The van der Waals surface area contributed by atoms with Crippen LogP contribution >= 0.6 is 0 Å². The highest BCUT2D eigenvalue weighted by atomic mass is 19.1. The number of primary amides is 1. The van der Waals surface area contributed by atoms with Crippen LogP contribution in [0.2, 0.25) is 0 Å². The lowest BCUT2D eigenvalue weighted by molar-refractivity contribution is -0.386. The van der Waals surface area contributed by atoms with Gasteiger partial charge in [0, 0.05) is 13.0 Å². The maximum absolute atomic E-state index is 13.1. The molecule has 0 aliphatic rings. The van der Waals surface area contributed by atoms with Crippen LogP contribution < -0.4 is 11.1 Å². The number of benzene rings is 1. The van der Waals surface area contributed by atoms with Crippen LogP contribution in [0.15, 0.2) is 18.2 Å². The molecule has 0 aliphatic carbocycles. The monoisotopic (exact) mass is 227 g/mol. The van der Waals surface area contributed by atoms with Crippen LogP contribution in [0, 0.1) is 15.9 Å². The van der Waals surface area contributed by atoms with Crippen LogP contribution in [-0.4, -0.2) is 17.4 Å². The third-order valence-corrected chi connectivity index (χ3v) is 1.86. The molecule has 0 heterocycles. The number of nitrogens with zero attached hydrogens (tertiary/aromatic N) is 1. The fraction of sp³-hybridized carbons (Fsp3) is 0.222. The summed E-state index contributed by atoms with van der Waals surface area (Å²) in [7, 11) is 0. The number of hydrogen-bond donors (Lipinski definition) is 2. The summed E-state index contributed by atoms with van der Waals surface area (Å²) >= 11 is 0. The van der Waals surface area contributed by atoms with Gasteiger partial charge in [-0.15, -0.1) is 0 Å². The number of carbonyl (C=O) groups excluding carboxylic acids is 1. The van der Waals surface area contributed by atoms with Crippen molar-refractivity contribution in [2.24, 2.45) is 5.73 Å². The Bertz CT molecular complexity index is 422. The summed E-state index contributed by atoms with van der Waals surface area (Å²) in [6.07, 6.45) is 0.0215. The van der Waals surface area contributed by atoms with Gasteiger partial charge in [-0.25, -0.2) is 0 Å². The number of rotatable bonds is 5. The van der Waals surface area contributed by atoms with Gasteiger partial charge in [0.2, 0.25) is 11.7 Å². The van der Waals surface area contributed by atoms with Gasteiger partial charge in [0.15, 0.2) is 0 Å². The van der Waals surface area contributed by atoms with Gasteiger partial charge in [-0.3, -0.25) is 14.9 Å². The van der Waals surface area contributed by atoms with Crippen LogP contribution in [0.5, 0.6) is 0 Å². The summed E-state index contributed by atoms with van der Waals surface area (Å²) < 4.78 is 13.1. The number of amides is 1. The Morgan fingerprint density at radius 2 is 2.25 bits per heavy atom. The first-order valence-electron chi connectivity index (χ1n) is 4.47. The van der Waals surface area contributed by atoms with Crippen LogP contribution in [0.25, 0.3) is 0 Å². The molecule has 1 amide bonds. The highest BCUT2D eigenvalue weighted by Gasteiger charge is 2.19. The number of nitrogens with one attached hydrogen (secondary N) is 1. The molecule has 0 spiro atoms. The molecule has 0 fully saturated rings. The van der Waals surface area contributed by atoms with Gasteiger partial charge in [-0.2, -0.15) is 4.39 Å². The van der Waals surface area contributed by atoms with Gasteiger partial charge >= 0.3 is 5.69 Å². The molecule has 0 bridgehead atoms. The predicted octanol–water partition coefficient (Wildman–Crippen LogP) is 1.02. The first-order chi connectivity index (χ1) is 7.52. The van der Waals surface area contributed by atoms with Crippen molar-refractivity contribution in [3.8, 4) is 0 Å². The molecule has 0 aromatic heterocycles. The Balaban J connectivity index is 2.83. The van der Waals surface area contributed by atoms with E-state index < -0.39 is 22.3 Å². The van der Waals surface area contributed by atoms with E-state index in [1.807, 2.05) is 0 Å². The predicted molar refractivity (Wildman–Crippen MR) is 55.4 cm³/mol. The quantitative estimate of drug-likeness (QED) is 0.579. The standard InChI is InChI=1S/C9H10FN3O3/c10-6-2-1-3-7(9(6)13(15)16)12-5-4-8(11)14/h1-3,12H,4-5H2,(H2,11,14). The van der Waals surface area contributed by atoms with Crippen LogP contribution in [-0.2, 0) is 4.79 Å². The summed E-state index contributed by atoms with van der Waals surface area (Å²) in [4.78, 5) is 20.2. The largest absolute Gasteiger partial charge is 0.379 e. The summed E-state index contributed by atoms with van der Waals surface area (Å²) in [5.74, 6) is -1.46. The highest BCUT2D eigenvalue weighted by Crippen LogP contribution is 2.26. The second kappa shape index (κ2) is 5.06. The Kier molecular flexibility index (Phi) is 3.76. The molecule has 86 valence electrons. The van der Waals surface area contributed by atoms with Crippen molar-refractivity contribution in [1.82, 2.24) is 0 Å². The Morgan fingerprint density at radius 1 is 1.56 bits per heavy atom. The van der Waals surface area contributed by atoms with Gasteiger partial charge < -0.3 is 11.1 Å². The third-order valence-electron chi connectivity index (χ3n) is 1.86. The van der Waals surface area contributed by atoms with E-state index in [0.717, 1.165) is 6.07 Å². The number of nitro groups is 1. The van der Waals surface area contributed by atoms with Gasteiger partial charge in [0.05, 0.1) is 4.92 Å². The number of para-hydroxylation sites is 1. The Labute approximate surface area is 90.4 Å². The van der Waals surface area contributed by atoms with Crippen molar-refractivity contribution < 1.29 is 14.1 Å². The maximum Gasteiger partial charge on any atom is 0.327 e. The fourth-order valence-electron chi connectivity index (χ4n) is 1.16. The van der Waals surface area contributed by atoms with Crippen molar-refractivity contribution in [3.63, 3.8) is 0 Å². The molecule has 0 atom stereocenters. The average molecular weight is 227 g/mol. The lowest BCUT2D eigenvalue weighted by Crippen LogP contribution is -2.16. The zero-order valence-corrected chi connectivity index (χ0v) is 8.27. The summed E-state index contributed by atoms with van der Waals surface area (Å²) in [6.45, 7) is 0.125. The molecule has 6 nitrogen and oxygen atoms in total. The van der Waals surface area contributed by atoms with Crippen LogP contribution in [0.4, 0.5) is 15.8 Å². The van der Waals surface area contributed by atoms with E-state index in [1.54, 1.807) is 0 Å². The van der Waals surface area contributed by atoms with E-state index >= 15 is 0 Å². The van der Waals surface area contributed by atoms with Gasteiger partial charge in [0.25, 0.3) is 0 Å².